The quantitative estimate of drug-likeness (QED) is 0.780. The van der Waals surface area contributed by atoms with Crippen molar-refractivity contribution in [1.82, 2.24) is 10.2 Å². The summed E-state index contributed by atoms with van der Waals surface area (Å²) in [6, 6.07) is 15.5. The SMILES string of the molecule is Cc1ccc(Cl)c(NCc2nnc(-c3ccccc3)o2)c1. The first-order chi connectivity index (χ1) is 10.2. The molecule has 0 fully saturated rings. The lowest BCUT2D eigenvalue weighted by molar-refractivity contribution is 0.515. The van der Waals surface area contributed by atoms with Crippen molar-refractivity contribution in [2.24, 2.45) is 0 Å². The van der Waals surface area contributed by atoms with E-state index < -0.39 is 0 Å². The second-order valence-corrected chi connectivity index (χ2v) is 5.11. The van der Waals surface area contributed by atoms with Gasteiger partial charge in [-0.25, -0.2) is 0 Å². The van der Waals surface area contributed by atoms with E-state index in [4.69, 9.17) is 16.0 Å². The first kappa shape index (κ1) is 13.6. The molecule has 0 saturated heterocycles. The van der Waals surface area contributed by atoms with E-state index in [0.29, 0.717) is 23.3 Å². The third kappa shape index (κ3) is 3.23. The van der Waals surface area contributed by atoms with Crippen molar-refractivity contribution in [2.75, 3.05) is 5.32 Å². The Morgan fingerprint density at radius 1 is 1.10 bits per heavy atom. The first-order valence-corrected chi connectivity index (χ1v) is 6.98. The van der Waals surface area contributed by atoms with Gasteiger partial charge in [0.1, 0.15) is 0 Å². The Bertz CT molecular complexity index is 740. The molecule has 0 aliphatic carbocycles. The van der Waals surface area contributed by atoms with Crippen LogP contribution in [0.5, 0.6) is 0 Å². The number of hydrogen-bond acceptors (Lipinski definition) is 4. The normalized spacial score (nSPS) is 10.6. The maximum atomic E-state index is 6.13. The minimum Gasteiger partial charge on any atom is -0.419 e. The van der Waals surface area contributed by atoms with Crippen molar-refractivity contribution in [3.8, 4) is 11.5 Å². The van der Waals surface area contributed by atoms with Crippen LogP contribution in [0.4, 0.5) is 5.69 Å². The summed E-state index contributed by atoms with van der Waals surface area (Å²) >= 11 is 6.13. The zero-order valence-electron chi connectivity index (χ0n) is 11.5. The van der Waals surface area contributed by atoms with Crippen LogP contribution in [0.3, 0.4) is 0 Å². The Morgan fingerprint density at radius 3 is 2.71 bits per heavy atom. The fourth-order valence-corrected chi connectivity index (χ4v) is 2.15. The van der Waals surface area contributed by atoms with Crippen molar-refractivity contribution in [2.45, 2.75) is 13.5 Å². The van der Waals surface area contributed by atoms with E-state index in [-0.39, 0.29) is 0 Å². The van der Waals surface area contributed by atoms with E-state index in [1.165, 1.54) is 0 Å². The number of hydrogen-bond donors (Lipinski definition) is 1. The largest absolute Gasteiger partial charge is 0.419 e. The molecule has 0 aliphatic heterocycles. The number of aryl methyl sites for hydroxylation is 1. The number of nitrogens with one attached hydrogen (secondary N) is 1. The van der Waals surface area contributed by atoms with Crippen LogP contribution in [0, 0.1) is 6.92 Å². The summed E-state index contributed by atoms with van der Waals surface area (Å²) in [5, 5.41) is 12.0. The second kappa shape index (κ2) is 5.97. The molecule has 5 heteroatoms. The van der Waals surface area contributed by atoms with Gasteiger partial charge in [0.25, 0.3) is 0 Å². The Labute approximate surface area is 127 Å². The number of nitrogens with zero attached hydrogens (tertiary/aromatic N) is 2. The Hall–Kier alpha value is -2.33. The van der Waals surface area contributed by atoms with Gasteiger partial charge in [-0.05, 0) is 36.8 Å². The number of halogens is 1. The molecule has 0 atom stereocenters. The summed E-state index contributed by atoms with van der Waals surface area (Å²) in [6.45, 7) is 2.45. The molecule has 0 aliphatic rings. The lowest BCUT2D eigenvalue weighted by Crippen LogP contribution is -2.00. The molecule has 0 spiro atoms. The molecule has 0 radical (unpaired) electrons. The first-order valence-electron chi connectivity index (χ1n) is 6.60. The van der Waals surface area contributed by atoms with E-state index in [1.807, 2.05) is 55.5 Å². The van der Waals surface area contributed by atoms with E-state index in [0.717, 1.165) is 16.8 Å². The highest BCUT2D eigenvalue weighted by molar-refractivity contribution is 6.33. The van der Waals surface area contributed by atoms with Crippen LogP contribution in [-0.2, 0) is 6.54 Å². The van der Waals surface area contributed by atoms with Crippen LogP contribution < -0.4 is 5.32 Å². The minimum atomic E-state index is 0.434. The zero-order chi connectivity index (χ0) is 14.7. The number of rotatable bonds is 4. The van der Waals surface area contributed by atoms with E-state index in [2.05, 4.69) is 15.5 Å². The van der Waals surface area contributed by atoms with Crippen LogP contribution in [0.25, 0.3) is 11.5 Å². The van der Waals surface area contributed by atoms with Crippen molar-refractivity contribution in [1.29, 1.82) is 0 Å². The van der Waals surface area contributed by atoms with Crippen molar-refractivity contribution in [3.05, 3.63) is 65.0 Å². The summed E-state index contributed by atoms with van der Waals surface area (Å²) in [5.74, 6) is 1.04. The Kier molecular flexibility index (Phi) is 3.88. The summed E-state index contributed by atoms with van der Waals surface area (Å²) in [7, 11) is 0. The van der Waals surface area contributed by atoms with Crippen LogP contribution in [0.15, 0.2) is 52.9 Å². The van der Waals surface area contributed by atoms with Gasteiger partial charge in [-0.1, -0.05) is 35.9 Å². The predicted octanol–water partition coefficient (Wildman–Crippen LogP) is 4.31. The second-order valence-electron chi connectivity index (χ2n) is 4.70. The van der Waals surface area contributed by atoms with Crippen molar-refractivity contribution < 1.29 is 4.42 Å². The minimum absolute atomic E-state index is 0.434. The van der Waals surface area contributed by atoms with Crippen LogP contribution in [-0.4, -0.2) is 10.2 Å². The zero-order valence-corrected chi connectivity index (χ0v) is 12.3. The standard InChI is InChI=1S/C16H14ClN3O/c1-11-7-8-13(17)14(9-11)18-10-15-19-20-16(21-15)12-5-3-2-4-6-12/h2-9,18H,10H2,1H3. The summed E-state index contributed by atoms with van der Waals surface area (Å²) < 4.78 is 5.63. The molecule has 106 valence electrons. The molecule has 1 N–H and O–H groups in total. The highest BCUT2D eigenvalue weighted by Gasteiger charge is 2.08. The number of anilines is 1. The summed E-state index contributed by atoms with van der Waals surface area (Å²) in [4.78, 5) is 0. The van der Waals surface area contributed by atoms with Crippen LogP contribution >= 0.6 is 11.6 Å². The van der Waals surface area contributed by atoms with Gasteiger partial charge in [-0.2, -0.15) is 0 Å². The fraction of sp³-hybridized carbons (Fsp3) is 0.125. The molecule has 4 nitrogen and oxygen atoms in total. The molecule has 3 aromatic rings. The fourth-order valence-electron chi connectivity index (χ4n) is 1.97. The molecule has 3 rings (SSSR count). The van der Waals surface area contributed by atoms with Gasteiger partial charge in [0.05, 0.1) is 17.3 Å². The maximum Gasteiger partial charge on any atom is 0.247 e. The van der Waals surface area contributed by atoms with E-state index in [1.54, 1.807) is 0 Å². The monoisotopic (exact) mass is 299 g/mol. The van der Waals surface area contributed by atoms with Gasteiger partial charge in [-0.15, -0.1) is 10.2 Å². The van der Waals surface area contributed by atoms with Gasteiger partial charge in [0, 0.05) is 5.56 Å². The average molecular weight is 300 g/mol. The predicted molar refractivity (Wildman–Crippen MR) is 83.2 cm³/mol. The molecule has 0 amide bonds. The lowest BCUT2D eigenvalue weighted by Gasteiger charge is -2.06. The van der Waals surface area contributed by atoms with Crippen molar-refractivity contribution in [3.63, 3.8) is 0 Å². The Balaban J connectivity index is 1.72. The molecule has 0 bridgehead atoms. The third-order valence-corrected chi connectivity index (χ3v) is 3.37. The average Bonchev–Trinajstić information content (AvgIpc) is 2.98. The van der Waals surface area contributed by atoms with E-state index in [9.17, 15) is 0 Å². The molecular weight excluding hydrogens is 286 g/mol. The summed E-state index contributed by atoms with van der Waals surface area (Å²) in [6.07, 6.45) is 0. The smallest absolute Gasteiger partial charge is 0.247 e. The Morgan fingerprint density at radius 2 is 1.90 bits per heavy atom. The molecule has 1 aromatic heterocycles. The molecule has 1 heterocycles. The van der Waals surface area contributed by atoms with Gasteiger partial charge in [0.15, 0.2) is 0 Å². The maximum absolute atomic E-state index is 6.13. The highest BCUT2D eigenvalue weighted by Crippen LogP contribution is 2.23. The van der Waals surface area contributed by atoms with Crippen LogP contribution in [0.2, 0.25) is 5.02 Å². The molecule has 2 aromatic carbocycles. The van der Waals surface area contributed by atoms with Crippen molar-refractivity contribution >= 4 is 17.3 Å². The molecule has 21 heavy (non-hydrogen) atoms. The van der Waals surface area contributed by atoms with Gasteiger partial charge in [0.2, 0.25) is 11.8 Å². The molecular formula is C16H14ClN3O. The van der Waals surface area contributed by atoms with Crippen LogP contribution in [0.1, 0.15) is 11.5 Å². The lowest BCUT2D eigenvalue weighted by atomic mass is 10.2. The van der Waals surface area contributed by atoms with Gasteiger partial charge < -0.3 is 9.73 Å². The third-order valence-electron chi connectivity index (χ3n) is 3.04. The highest BCUT2D eigenvalue weighted by atomic mass is 35.5. The number of benzene rings is 2. The van der Waals surface area contributed by atoms with Gasteiger partial charge in [-0.3, -0.25) is 0 Å². The molecule has 0 unspecified atom stereocenters. The molecule has 0 saturated carbocycles. The summed E-state index contributed by atoms with van der Waals surface area (Å²) in [5.41, 5.74) is 2.90. The van der Waals surface area contributed by atoms with Gasteiger partial charge >= 0.3 is 0 Å². The number of aromatic nitrogens is 2. The van der Waals surface area contributed by atoms with E-state index >= 15 is 0 Å². The topological polar surface area (TPSA) is 51.0 Å².